The molecule has 0 saturated carbocycles. The lowest BCUT2D eigenvalue weighted by atomic mass is 10.1. The van der Waals surface area contributed by atoms with Crippen molar-refractivity contribution in [2.75, 3.05) is 0 Å². The Morgan fingerprint density at radius 3 is 2.78 bits per heavy atom. The van der Waals surface area contributed by atoms with Gasteiger partial charge in [0.1, 0.15) is 0 Å². The number of benzene rings is 1. The second kappa shape index (κ2) is 6.23. The van der Waals surface area contributed by atoms with E-state index in [1.165, 1.54) is 18.6 Å². The van der Waals surface area contributed by atoms with Crippen molar-refractivity contribution in [3.8, 4) is 0 Å². The molecule has 0 radical (unpaired) electrons. The minimum Gasteiger partial charge on any atom is -0.321 e. The van der Waals surface area contributed by atoms with Crippen LogP contribution in [0.4, 0.5) is 0 Å². The molecule has 0 bridgehead atoms. The number of hydrogen-bond acceptors (Lipinski definition) is 4. The smallest absolute Gasteiger partial charge is 0.271 e. The molecule has 0 unspecified atom stereocenters. The van der Waals surface area contributed by atoms with E-state index in [9.17, 15) is 9.59 Å². The monoisotopic (exact) mass is 306 g/mol. The molecule has 23 heavy (non-hydrogen) atoms. The third-order valence-electron chi connectivity index (χ3n) is 3.34. The van der Waals surface area contributed by atoms with E-state index in [1.807, 2.05) is 25.1 Å². The number of carbonyl (C=O) groups is 1. The minimum absolute atomic E-state index is 0.261. The van der Waals surface area contributed by atoms with Crippen LogP contribution in [0.25, 0.3) is 10.9 Å². The number of hydrogen-bond donors (Lipinski definition) is 2. The quantitative estimate of drug-likeness (QED) is 0.573. The van der Waals surface area contributed by atoms with Crippen LogP contribution in [-0.4, -0.2) is 22.1 Å². The summed E-state index contributed by atoms with van der Waals surface area (Å²) in [5, 5.41) is 4.75. The first-order chi connectivity index (χ1) is 11.1. The van der Waals surface area contributed by atoms with Crippen molar-refractivity contribution in [3.63, 3.8) is 0 Å². The second-order valence-corrected chi connectivity index (χ2v) is 5.08. The number of hydrazone groups is 1. The SMILES string of the molecule is Cc1ccc2[nH]c(=O)c(C=NNC(=O)c3ccncc3)cc2c1. The molecule has 0 aliphatic carbocycles. The fraction of sp³-hybridized carbons (Fsp3) is 0.0588. The largest absolute Gasteiger partial charge is 0.321 e. The third kappa shape index (κ3) is 3.32. The second-order valence-electron chi connectivity index (χ2n) is 5.08. The van der Waals surface area contributed by atoms with Crippen LogP contribution in [0, 0.1) is 6.92 Å². The number of aromatic nitrogens is 2. The Hall–Kier alpha value is -3.28. The lowest BCUT2D eigenvalue weighted by Crippen LogP contribution is -2.19. The third-order valence-corrected chi connectivity index (χ3v) is 3.34. The standard InChI is InChI=1S/C17H14N4O2/c1-11-2-3-15-13(8-11)9-14(16(22)20-15)10-19-21-17(23)12-4-6-18-7-5-12/h2-10H,1H3,(H,20,22)(H,21,23). The molecule has 0 fully saturated rings. The average molecular weight is 306 g/mol. The molecule has 2 heterocycles. The van der Waals surface area contributed by atoms with Crippen LogP contribution in [0.5, 0.6) is 0 Å². The Balaban J connectivity index is 1.82. The van der Waals surface area contributed by atoms with E-state index in [2.05, 4.69) is 20.5 Å². The minimum atomic E-state index is -0.364. The number of aromatic amines is 1. The summed E-state index contributed by atoms with van der Waals surface area (Å²) in [6, 6.07) is 10.7. The summed E-state index contributed by atoms with van der Waals surface area (Å²) in [6.45, 7) is 1.98. The molecule has 6 nitrogen and oxygen atoms in total. The summed E-state index contributed by atoms with van der Waals surface area (Å²) < 4.78 is 0. The predicted octanol–water partition coefficient (Wildman–Crippen LogP) is 2.00. The highest BCUT2D eigenvalue weighted by atomic mass is 16.2. The van der Waals surface area contributed by atoms with Gasteiger partial charge in [-0.2, -0.15) is 5.10 Å². The Morgan fingerprint density at radius 2 is 2.00 bits per heavy atom. The topological polar surface area (TPSA) is 87.2 Å². The Kier molecular flexibility index (Phi) is 3.97. The van der Waals surface area contributed by atoms with Crippen LogP contribution in [0.1, 0.15) is 21.5 Å². The van der Waals surface area contributed by atoms with Gasteiger partial charge in [-0.15, -0.1) is 0 Å². The summed E-state index contributed by atoms with van der Waals surface area (Å²) >= 11 is 0. The Labute approximate surface area is 131 Å². The fourth-order valence-electron chi connectivity index (χ4n) is 2.17. The first kappa shape index (κ1) is 14.6. The highest BCUT2D eigenvalue weighted by Crippen LogP contribution is 2.12. The fourth-order valence-corrected chi connectivity index (χ4v) is 2.17. The van der Waals surface area contributed by atoms with Crippen LogP contribution in [0.3, 0.4) is 0 Å². The van der Waals surface area contributed by atoms with Crippen molar-refractivity contribution in [2.24, 2.45) is 5.10 Å². The van der Waals surface area contributed by atoms with Crippen LogP contribution < -0.4 is 11.0 Å². The molecule has 2 N–H and O–H groups in total. The molecule has 1 amide bonds. The van der Waals surface area contributed by atoms with Crippen molar-refractivity contribution in [1.82, 2.24) is 15.4 Å². The van der Waals surface area contributed by atoms with Crippen molar-refractivity contribution in [3.05, 3.63) is 75.8 Å². The average Bonchev–Trinajstić information content (AvgIpc) is 2.56. The highest BCUT2D eigenvalue weighted by molar-refractivity contribution is 5.95. The summed E-state index contributed by atoms with van der Waals surface area (Å²) in [5.74, 6) is -0.364. The molecule has 2 aromatic heterocycles. The molecule has 1 aromatic carbocycles. The Morgan fingerprint density at radius 1 is 1.22 bits per heavy atom. The summed E-state index contributed by atoms with van der Waals surface area (Å²) in [4.78, 5) is 30.5. The first-order valence-corrected chi connectivity index (χ1v) is 7.00. The number of nitrogens with one attached hydrogen (secondary N) is 2. The maximum atomic E-state index is 12.0. The molecule has 0 spiro atoms. The van der Waals surface area contributed by atoms with Gasteiger partial charge in [-0.3, -0.25) is 14.6 Å². The predicted molar refractivity (Wildman–Crippen MR) is 88.6 cm³/mol. The normalized spacial score (nSPS) is 11.0. The molecule has 0 atom stereocenters. The first-order valence-electron chi connectivity index (χ1n) is 7.00. The van der Waals surface area contributed by atoms with Crippen molar-refractivity contribution >= 4 is 23.0 Å². The van der Waals surface area contributed by atoms with E-state index in [1.54, 1.807) is 18.2 Å². The summed E-state index contributed by atoms with van der Waals surface area (Å²) in [7, 11) is 0. The number of fused-ring (bicyclic) bond motifs is 1. The van der Waals surface area contributed by atoms with Crippen LogP contribution in [0.2, 0.25) is 0 Å². The van der Waals surface area contributed by atoms with Crippen LogP contribution in [-0.2, 0) is 0 Å². The molecule has 3 aromatic rings. The number of carbonyl (C=O) groups excluding carboxylic acids is 1. The zero-order chi connectivity index (χ0) is 16.2. The van der Waals surface area contributed by atoms with Crippen molar-refractivity contribution in [2.45, 2.75) is 6.92 Å². The van der Waals surface area contributed by atoms with Gasteiger partial charge >= 0.3 is 0 Å². The molecule has 114 valence electrons. The summed E-state index contributed by atoms with van der Waals surface area (Å²) in [5.41, 5.74) is 4.80. The van der Waals surface area contributed by atoms with Gasteiger partial charge in [-0.1, -0.05) is 11.6 Å². The van der Waals surface area contributed by atoms with Crippen LogP contribution in [0.15, 0.2) is 58.7 Å². The van der Waals surface area contributed by atoms with Gasteiger partial charge in [0.15, 0.2) is 0 Å². The van der Waals surface area contributed by atoms with Gasteiger partial charge in [0, 0.05) is 23.5 Å². The van der Waals surface area contributed by atoms with Gasteiger partial charge in [0.2, 0.25) is 0 Å². The van der Waals surface area contributed by atoms with E-state index >= 15 is 0 Å². The number of aryl methyl sites for hydroxylation is 1. The lowest BCUT2D eigenvalue weighted by molar-refractivity contribution is 0.0955. The van der Waals surface area contributed by atoms with Gasteiger partial charge in [-0.25, -0.2) is 5.43 Å². The lowest BCUT2D eigenvalue weighted by Gasteiger charge is -2.01. The van der Waals surface area contributed by atoms with E-state index in [-0.39, 0.29) is 11.5 Å². The number of amides is 1. The molecule has 6 heteroatoms. The number of H-pyrrole nitrogens is 1. The maximum absolute atomic E-state index is 12.0. The van der Waals surface area contributed by atoms with Crippen molar-refractivity contribution in [1.29, 1.82) is 0 Å². The zero-order valence-corrected chi connectivity index (χ0v) is 12.4. The maximum Gasteiger partial charge on any atom is 0.271 e. The van der Waals surface area contributed by atoms with Gasteiger partial charge in [0.25, 0.3) is 11.5 Å². The number of rotatable bonds is 3. The van der Waals surface area contributed by atoms with Gasteiger partial charge < -0.3 is 4.98 Å². The highest BCUT2D eigenvalue weighted by Gasteiger charge is 2.04. The zero-order valence-electron chi connectivity index (χ0n) is 12.4. The molecule has 3 rings (SSSR count). The number of pyridine rings is 2. The Bertz CT molecular complexity index is 946. The molecule has 0 aliphatic heterocycles. The molecular weight excluding hydrogens is 292 g/mol. The van der Waals surface area contributed by atoms with E-state index in [4.69, 9.17) is 0 Å². The molecule has 0 saturated heterocycles. The van der Waals surface area contributed by atoms with Gasteiger partial charge in [-0.05, 0) is 42.6 Å². The van der Waals surface area contributed by atoms with E-state index in [0.717, 1.165) is 16.5 Å². The van der Waals surface area contributed by atoms with Crippen LogP contribution >= 0.6 is 0 Å². The van der Waals surface area contributed by atoms with Gasteiger partial charge in [0.05, 0.1) is 11.8 Å². The number of nitrogens with zero attached hydrogens (tertiary/aromatic N) is 2. The van der Waals surface area contributed by atoms with E-state index < -0.39 is 0 Å². The van der Waals surface area contributed by atoms with Crippen molar-refractivity contribution < 1.29 is 4.79 Å². The van der Waals surface area contributed by atoms with E-state index in [0.29, 0.717) is 11.1 Å². The molecule has 0 aliphatic rings. The summed E-state index contributed by atoms with van der Waals surface area (Å²) in [6.07, 6.45) is 4.38. The molecular formula is C17H14N4O2.